The smallest absolute Gasteiger partial charge is 0.221 e. The fraction of sp³-hybridized carbons (Fsp3) is 0.429. The number of ether oxygens (including phenoxy) is 1. The van der Waals surface area contributed by atoms with Crippen molar-refractivity contribution in [2.45, 2.75) is 32.2 Å². The van der Waals surface area contributed by atoms with Crippen LogP contribution in [-0.4, -0.2) is 19.1 Å². The van der Waals surface area contributed by atoms with Gasteiger partial charge in [-0.1, -0.05) is 19.1 Å². The van der Waals surface area contributed by atoms with Gasteiger partial charge in [0.15, 0.2) is 0 Å². The average molecular weight is 246 g/mol. The van der Waals surface area contributed by atoms with Crippen LogP contribution >= 0.6 is 0 Å². The second kappa shape index (κ2) is 7.33. The van der Waals surface area contributed by atoms with Gasteiger partial charge in [-0.2, -0.15) is 5.26 Å². The van der Waals surface area contributed by atoms with Crippen molar-refractivity contribution >= 4 is 5.91 Å². The number of rotatable bonds is 6. The predicted octanol–water partition coefficient (Wildman–Crippen LogP) is 2.05. The van der Waals surface area contributed by atoms with Gasteiger partial charge in [-0.05, 0) is 30.5 Å². The Balaban J connectivity index is 2.40. The van der Waals surface area contributed by atoms with E-state index < -0.39 is 0 Å². The number of methoxy groups -OCH3 is 1. The first-order chi connectivity index (χ1) is 8.69. The normalized spacial score (nSPS) is 11.4. The summed E-state index contributed by atoms with van der Waals surface area (Å²) in [5.74, 6) is 0.720. The van der Waals surface area contributed by atoms with Gasteiger partial charge in [0.25, 0.3) is 0 Å². The molecule has 0 saturated carbocycles. The number of hydrogen-bond acceptors (Lipinski definition) is 3. The van der Waals surface area contributed by atoms with Gasteiger partial charge in [0.1, 0.15) is 11.8 Å². The summed E-state index contributed by atoms with van der Waals surface area (Å²) in [7, 11) is 1.62. The van der Waals surface area contributed by atoms with Crippen molar-refractivity contribution in [2.75, 3.05) is 7.11 Å². The van der Waals surface area contributed by atoms with Crippen molar-refractivity contribution in [3.8, 4) is 11.8 Å². The lowest BCUT2D eigenvalue weighted by Crippen LogP contribution is -2.33. The van der Waals surface area contributed by atoms with Crippen molar-refractivity contribution in [2.24, 2.45) is 0 Å². The summed E-state index contributed by atoms with van der Waals surface area (Å²) in [5.41, 5.74) is 1.08. The molecule has 0 aliphatic heterocycles. The number of carbonyl (C=O) groups excluding carboxylic acids is 1. The highest BCUT2D eigenvalue weighted by Gasteiger charge is 2.08. The van der Waals surface area contributed by atoms with E-state index in [1.807, 2.05) is 37.3 Å². The van der Waals surface area contributed by atoms with E-state index in [1.165, 1.54) is 0 Å². The highest BCUT2D eigenvalue weighted by molar-refractivity contribution is 5.76. The van der Waals surface area contributed by atoms with Gasteiger partial charge in [0.05, 0.1) is 13.2 Å². The maximum Gasteiger partial charge on any atom is 0.221 e. The van der Waals surface area contributed by atoms with Gasteiger partial charge in [0.2, 0.25) is 5.91 Å². The van der Waals surface area contributed by atoms with E-state index in [2.05, 4.69) is 5.32 Å². The maximum atomic E-state index is 11.6. The lowest BCUT2D eigenvalue weighted by molar-refractivity contribution is -0.121. The quantitative estimate of drug-likeness (QED) is 0.835. The minimum Gasteiger partial charge on any atom is -0.497 e. The van der Waals surface area contributed by atoms with Crippen molar-refractivity contribution in [1.82, 2.24) is 5.32 Å². The van der Waals surface area contributed by atoms with E-state index in [1.54, 1.807) is 7.11 Å². The maximum absolute atomic E-state index is 11.6. The molecular weight excluding hydrogens is 228 g/mol. The molecule has 0 aromatic heterocycles. The van der Waals surface area contributed by atoms with Crippen molar-refractivity contribution in [3.05, 3.63) is 29.8 Å². The van der Waals surface area contributed by atoms with Crippen LogP contribution in [0.1, 0.15) is 25.3 Å². The van der Waals surface area contributed by atoms with Crippen LogP contribution in [0.4, 0.5) is 0 Å². The van der Waals surface area contributed by atoms with E-state index in [0.717, 1.165) is 11.3 Å². The molecule has 1 aromatic rings. The van der Waals surface area contributed by atoms with Crippen molar-refractivity contribution in [3.63, 3.8) is 0 Å². The molecule has 1 aromatic carbocycles. The Hall–Kier alpha value is -2.02. The molecule has 1 atom stereocenters. The Kier molecular flexibility index (Phi) is 5.72. The van der Waals surface area contributed by atoms with Crippen LogP contribution in [-0.2, 0) is 11.2 Å². The second-order valence-corrected chi connectivity index (χ2v) is 4.01. The van der Waals surface area contributed by atoms with Gasteiger partial charge in [-0.15, -0.1) is 0 Å². The van der Waals surface area contributed by atoms with Crippen LogP contribution in [0, 0.1) is 11.3 Å². The number of benzene rings is 1. The second-order valence-electron chi connectivity index (χ2n) is 4.01. The molecular formula is C14H18N2O2. The third kappa shape index (κ3) is 4.46. The molecule has 18 heavy (non-hydrogen) atoms. The zero-order chi connectivity index (χ0) is 13.4. The Labute approximate surface area is 108 Å². The number of nitrogens with zero attached hydrogens (tertiary/aromatic N) is 1. The highest BCUT2D eigenvalue weighted by atomic mass is 16.5. The Bertz CT molecular complexity index is 420. The third-order valence-electron chi connectivity index (χ3n) is 2.70. The van der Waals surface area contributed by atoms with Gasteiger partial charge in [0, 0.05) is 6.42 Å². The van der Waals surface area contributed by atoms with Gasteiger partial charge >= 0.3 is 0 Å². The summed E-state index contributed by atoms with van der Waals surface area (Å²) >= 11 is 0. The van der Waals surface area contributed by atoms with Crippen LogP contribution in [0.5, 0.6) is 5.75 Å². The van der Waals surface area contributed by atoms with Crippen LogP contribution in [0.3, 0.4) is 0 Å². The molecule has 0 fully saturated rings. The fourth-order valence-corrected chi connectivity index (χ4v) is 1.54. The van der Waals surface area contributed by atoms with Crippen LogP contribution in [0.25, 0.3) is 0 Å². The summed E-state index contributed by atoms with van der Waals surface area (Å²) < 4.78 is 5.06. The molecule has 0 aliphatic rings. The number of carbonyl (C=O) groups is 1. The Morgan fingerprint density at radius 2 is 2.11 bits per heavy atom. The topological polar surface area (TPSA) is 62.1 Å². The van der Waals surface area contributed by atoms with Crippen molar-refractivity contribution in [1.29, 1.82) is 5.26 Å². The molecule has 0 aliphatic carbocycles. The molecule has 0 spiro atoms. The number of hydrogen-bond donors (Lipinski definition) is 1. The van der Waals surface area contributed by atoms with E-state index in [9.17, 15) is 4.79 Å². The molecule has 1 rings (SSSR count). The third-order valence-corrected chi connectivity index (χ3v) is 2.70. The molecule has 96 valence electrons. The predicted molar refractivity (Wildman–Crippen MR) is 69.1 cm³/mol. The summed E-state index contributed by atoms with van der Waals surface area (Å²) in [6, 6.07) is 9.29. The summed E-state index contributed by atoms with van der Waals surface area (Å²) in [4.78, 5) is 11.6. The number of amides is 1. The van der Waals surface area contributed by atoms with E-state index >= 15 is 0 Å². The lowest BCUT2D eigenvalue weighted by Gasteiger charge is -2.09. The first-order valence-corrected chi connectivity index (χ1v) is 6.01. The van der Waals surface area contributed by atoms with Crippen LogP contribution in [0.2, 0.25) is 0 Å². The van der Waals surface area contributed by atoms with E-state index in [0.29, 0.717) is 19.3 Å². The first-order valence-electron chi connectivity index (χ1n) is 6.01. The molecule has 1 unspecified atom stereocenters. The Morgan fingerprint density at radius 1 is 1.44 bits per heavy atom. The molecule has 0 radical (unpaired) electrons. The Morgan fingerprint density at radius 3 is 2.61 bits per heavy atom. The number of nitrogens with one attached hydrogen (secondary N) is 1. The van der Waals surface area contributed by atoms with E-state index in [-0.39, 0.29) is 11.9 Å². The van der Waals surface area contributed by atoms with Gasteiger partial charge in [-0.25, -0.2) is 0 Å². The minimum atomic E-state index is -0.381. The van der Waals surface area contributed by atoms with Gasteiger partial charge in [-0.3, -0.25) is 4.79 Å². The van der Waals surface area contributed by atoms with E-state index in [4.69, 9.17) is 10.00 Å². The molecule has 4 nitrogen and oxygen atoms in total. The molecule has 0 heterocycles. The SMILES string of the molecule is CCC(C#N)NC(=O)CCc1ccc(OC)cc1. The first kappa shape index (κ1) is 14.0. The largest absolute Gasteiger partial charge is 0.497 e. The summed E-state index contributed by atoms with van der Waals surface area (Å²) in [5, 5.41) is 11.4. The number of aryl methyl sites for hydroxylation is 1. The average Bonchev–Trinajstić information content (AvgIpc) is 2.43. The molecule has 1 N–H and O–H groups in total. The summed E-state index contributed by atoms with van der Waals surface area (Å²) in [6.45, 7) is 1.87. The van der Waals surface area contributed by atoms with Crippen molar-refractivity contribution < 1.29 is 9.53 Å². The molecule has 1 amide bonds. The standard InChI is InChI=1S/C14H18N2O2/c1-3-12(10-15)16-14(17)9-6-11-4-7-13(18-2)8-5-11/h4-5,7-8,12H,3,6,9H2,1-2H3,(H,16,17). The highest BCUT2D eigenvalue weighted by Crippen LogP contribution is 2.12. The fourth-order valence-electron chi connectivity index (χ4n) is 1.54. The van der Waals surface area contributed by atoms with Crippen LogP contribution < -0.4 is 10.1 Å². The number of nitriles is 1. The molecule has 4 heteroatoms. The monoisotopic (exact) mass is 246 g/mol. The molecule has 0 saturated heterocycles. The molecule has 0 bridgehead atoms. The summed E-state index contributed by atoms with van der Waals surface area (Å²) in [6.07, 6.45) is 1.69. The minimum absolute atomic E-state index is 0.0841. The lowest BCUT2D eigenvalue weighted by atomic mass is 10.1. The van der Waals surface area contributed by atoms with Gasteiger partial charge < -0.3 is 10.1 Å². The zero-order valence-corrected chi connectivity index (χ0v) is 10.8. The van der Waals surface area contributed by atoms with Crippen LogP contribution in [0.15, 0.2) is 24.3 Å². The zero-order valence-electron chi connectivity index (χ0n) is 10.8.